The van der Waals surface area contributed by atoms with Gasteiger partial charge in [-0.25, -0.2) is 0 Å². The van der Waals surface area contributed by atoms with Crippen molar-refractivity contribution in [3.8, 4) is 22.8 Å². The molecule has 0 bridgehead atoms. The average molecular weight is 420 g/mol. The van der Waals surface area contributed by atoms with Gasteiger partial charge in [0.2, 0.25) is 0 Å². The topological polar surface area (TPSA) is 76.2 Å². The van der Waals surface area contributed by atoms with Gasteiger partial charge in [-0.15, -0.1) is 0 Å². The lowest BCUT2D eigenvalue weighted by molar-refractivity contribution is 0.0934. The minimum Gasteiger partial charge on any atom is -0.497 e. The molecule has 0 saturated carbocycles. The number of nitrogens with zero attached hydrogens (tertiary/aromatic N) is 1. The van der Waals surface area contributed by atoms with Crippen molar-refractivity contribution in [2.24, 2.45) is 0 Å². The Kier molecular flexibility index (Phi) is 6.11. The zero-order valence-electron chi connectivity index (χ0n) is 15.5. The standard InChI is InChI=1S/C20H19Cl2N3O3/c1-11(15-9-13(27-2)5-7-19(15)28-3)23-20(26)18-10-17(24-25-18)14-6-4-12(21)8-16(14)22/h4-11H,1-3H3,(H,23,26)(H,24,25). The molecule has 2 N–H and O–H groups in total. The second kappa shape index (κ2) is 8.54. The normalized spacial score (nSPS) is 11.8. The van der Waals surface area contributed by atoms with Gasteiger partial charge in [0.1, 0.15) is 17.2 Å². The van der Waals surface area contributed by atoms with Crippen molar-refractivity contribution in [2.75, 3.05) is 14.2 Å². The minimum absolute atomic E-state index is 0.304. The number of H-pyrrole nitrogens is 1. The highest BCUT2D eigenvalue weighted by Crippen LogP contribution is 2.31. The van der Waals surface area contributed by atoms with Gasteiger partial charge in [0.05, 0.1) is 31.0 Å². The maximum Gasteiger partial charge on any atom is 0.269 e. The number of halogens is 2. The number of rotatable bonds is 6. The van der Waals surface area contributed by atoms with Crippen LogP contribution in [0, 0.1) is 0 Å². The molecule has 0 spiro atoms. The summed E-state index contributed by atoms with van der Waals surface area (Å²) < 4.78 is 10.6. The Labute approximate surface area is 172 Å². The second-order valence-electron chi connectivity index (χ2n) is 6.09. The van der Waals surface area contributed by atoms with Gasteiger partial charge in [-0.1, -0.05) is 23.2 Å². The van der Waals surface area contributed by atoms with E-state index in [1.807, 2.05) is 13.0 Å². The SMILES string of the molecule is COc1ccc(OC)c(C(C)NC(=O)c2cc(-c3ccc(Cl)cc3Cl)n[nH]2)c1. The van der Waals surface area contributed by atoms with E-state index in [0.29, 0.717) is 38.5 Å². The first-order valence-corrected chi connectivity index (χ1v) is 9.22. The van der Waals surface area contributed by atoms with Crippen molar-refractivity contribution in [3.05, 3.63) is 63.8 Å². The number of hydrogen-bond acceptors (Lipinski definition) is 4. The number of methoxy groups -OCH3 is 2. The molecule has 3 aromatic rings. The van der Waals surface area contributed by atoms with Gasteiger partial charge in [0.25, 0.3) is 5.91 Å². The van der Waals surface area contributed by atoms with E-state index in [9.17, 15) is 4.79 Å². The molecule has 1 unspecified atom stereocenters. The molecule has 1 atom stereocenters. The molecule has 0 aliphatic carbocycles. The third-order valence-corrected chi connectivity index (χ3v) is 4.83. The molecule has 6 nitrogen and oxygen atoms in total. The van der Waals surface area contributed by atoms with E-state index in [2.05, 4.69) is 15.5 Å². The lowest BCUT2D eigenvalue weighted by Gasteiger charge is -2.17. The van der Waals surface area contributed by atoms with Gasteiger partial charge in [0, 0.05) is 16.1 Å². The maximum atomic E-state index is 12.7. The Balaban J connectivity index is 1.79. The van der Waals surface area contributed by atoms with Gasteiger partial charge in [-0.3, -0.25) is 9.89 Å². The van der Waals surface area contributed by atoms with E-state index < -0.39 is 0 Å². The van der Waals surface area contributed by atoms with Crippen LogP contribution in [0.15, 0.2) is 42.5 Å². The van der Waals surface area contributed by atoms with Crippen LogP contribution in [0.1, 0.15) is 29.0 Å². The summed E-state index contributed by atoms with van der Waals surface area (Å²) in [5, 5.41) is 10.8. The van der Waals surface area contributed by atoms with Gasteiger partial charge in [-0.2, -0.15) is 5.10 Å². The molecule has 3 rings (SSSR count). The predicted molar refractivity (Wildman–Crippen MR) is 109 cm³/mol. The number of aromatic nitrogens is 2. The molecular weight excluding hydrogens is 401 g/mol. The van der Waals surface area contributed by atoms with E-state index in [0.717, 1.165) is 5.56 Å². The third-order valence-electron chi connectivity index (χ3n) is 4.28. The van der Waals surface area contributed by atoms with Gasteiger partial charge in [-0.05, 0) is 49.4 Å². The molecule has 0 aliphatic heterocycles. The molecule has 0 radical (unpaired) electrons. The quantitative estimate of drug-likeness (QED) is 0.595. The van der Waals surface area contributed by atoms with Crippen LogP contribution in [-0.2, 0) is 0 Å². The maximum absolute atomic E-state index is 12.7. The van der Waals surface area contributed by atoms with E-state index in [1.54, 1.807) is 50.6 Å². The van der Waals surface area contributed by atoms with Crippen molar-refractivity contribution in [3.63, 3.8) is 0 Å². The third kappa shape index (κ3) is 4.24. The van der Waals surface area contributed by atoms with Crippen molar-refractivity contribution in [2.45, 2.75) is 13.0 Å². The highest BCUT2D eigenvalue weighted by molar-refractivity contribution is 6.36. The van der Waals surface area contributed by atoms with Crippen LogP contribution in [0.5, 0.6) is 11.5 Å². The monoisotopic (exact) mass is 419 g/mol. The highest BCUT2D eigenvalue weighted by atomic mass is 35.5. The molecular formula is C20H19Cl2N3O3. The van der Waals surface area contributed by atoms with E-state index in [1.165, 1.54) is 0 Å². The average Bonchev–Trinajstić information content (AvgIpc) is 3.17. The summed E-state index contributed by atoms with van der Waals surface area (Å²) in [5.74, 6) is 1.03. The number of carbonyl (C=O) groups is 1. The van der Waals surface area contributed by atoms with Crippen LogP contribution in [0.2, 0.25) is 10.0 Å². The highest BCUT2D eigenvalue weighted by Gasteiger charge is 2.18. The van der Waals surface area contributed by atoms with Crippen LogP contribution >= 0.6 is 23.2 Å². The Bertz CT molecular complexity index is 1000. The van der Waals surface area contributed by atoms with Crippen molar-refractivity contribution in [1.29, 1.82) is 0 Å². The summed E-state index contributed by atoms with van der Waals surface area (Å²) >= 11 is 12.1. The van der Waals surface area contributed by atoms with Crippen molar-refractivity contribution >= 4 is 29.1 Å². The lowest BCUT2D eigenvalue weighted by Crippen LogP contribution is -2.27. The Morgan fingerprint density at radius 3 is 2.57 bits per heavy atom. The number of aromatic amines is 1. The first-order chi connectivity index (χ1) is 13.4. The number of ether oxygens (including phenoxy) is 2. The number of amides is 1. The fourth-order valence-electron chi connectivity index (χ4n) is 2.80. The fraction of sp³-hybridized carbons (Fsp3) is 0.200. The Morgan fingerprint density at radius 2 is 1.89 bits per heavy atom. The molecule has 2 aromatic carbocycles. The summed E-state index contributed by atoms with van der Waals surface area (Å²) in [7, 11) is 3.17. The van der Waals surface area contributed by atoms with Crippen molar-refractivity contribution in [1.82, 2.24) is 15.5 Å². The van der Waals surface area contributed by atoms with E-state index >= 15 is 0 Å². The zero-order valence-corrected chi connectivity index (χ0v) is 17.1. The smallest absolute Gasteiger partial charge is 0.269 e. The molecule has 0 fully saturated rings. The second-order valence-corrected chi connectivity index (χ2v) is 6.94. The molecule has 0 saturated heterocycles. The van der Waals surface area contributed by atoms with Crippen molar-refractivity contribution < 1.29 is 14.3 Å². The number of nitrogens with one attached hydrogen (secondary N) is 2. The zero-order chi connectivity index (χ0) is 20.3. The van der Waals surface area contributed by atoms with Gasteiger partial charge >= 0.3 is 0 Å². The Hall–Kier alpha value is -2.70. The Morgan fingerprint density at radius 1 is 1.11 bits per heavy atom. The van der Waals surface area contributed by atoms with E-state index in [-0.39, 0.29) is 11.9 Å². The summed E-state index contributed by atoms with van der Waals surface area (Å²) in [5.41, 5.74) is 2.35. The largest absolute Gasteiger partial charge is 0.497 e. The van der Waals surface area contributed by atoms with Gasteiger partial charge < -0.3 is 14.8 Å². The van der Waals surface area contributed by atoms with E-state index in [4.69, 9.17) is 32.7 Å². The van der Waals surface area contributed by atoms with Crippen LogP contribution in [0.4, 0.5) is 0 Å². The molecule has 146 valence electrons. The van der Waals surface area contributed by atoms with Crippen LogP contribution in [0.25, 0.3) is 11.3 Å². The van der Waals surface area contributed by atoms with Crippen LogP contribution in [0.3, 0.4) is 0 Å². The molecule has 1 aromatic heterocycles. The summed E-state index contributed by atoms with van der Waals surface area (Å²) in [4.78, 5) is 12.7. The number of benzene rings is 2. The predicted octanol–water partition coefficient (Wildman–Crippen LogP) is 4.89. The van der Waals surface area contributed by atoms with Crippen LogP contribution < -0.4 is 14.8 Å². The summed E-state index contributed by atoms with van der Waals surface area (Å²) in [6.45, 7) is 1.86. The first kappa shape index (κ1) is 20.0. The molecule has 28 heavy (non-hydrogen) atoms. The minimum atomic E-state index is -0.316. The summed E-state index contributed by atoms with van der Waals surface area (Å²) in [6, 6.07) is 11.9. The molecule has 1 heterocycles. The first-order valence-electron chi connectivity index (χ1n) is 8.46. The lowest BCUT2D eigenvalue weighted by atomic mass is 10.1. The molecule has 1 amide bonds. The molecule has 8 heteroatoms. The molecule has 0 aliphatic rings. The summed E-state index contributed by atoms with van der Waals surface area (Å²) in [6.07, 6.45) is 0. The number of hydrogen-bond donors (Lipinski definition) is 2. The fourth-order valence-corrected chi connectivity index (χ4v) is 3.31. The van der Waals surface area contributed by atoms with Crippen LogP contribution in [-0.4, -0.2) is 30.3 Å². The van der Waals surface area contributed by atoms with Gasteiger partial charge in [0.15, 0.2) is 0 Å². The number of carbonyl (C=O) groups excluding carboxylic acids is 1.